The average Bonchev–Trinajstić information content (AvgIpc) is 2.84. The lowest BCUT2D eigenvalue weighted by Crippen LogP contribution is -2.61. The summed E-state index contributed by atoms with van der Waals surface area (Å²) in [6, 6.07) is 15.4. The Morgan fingerprint density at radius 1 is 0.970 bits per heavy atom. The Morgan fingerprint density at radius 2 is 1.67 bits per heavy atom. The summed E-state index contributed by atoms with van der Waals surface area (Å²) >= 11 is 6.04. The fraction of sp³-hybridized carbons (Fsp3) is 0.304. The van der Waals surface area contributed by atoms with E-state index < -0.39 is 0 Å². The van der Waals surface area contributed by atoms with Crippen molar-refractivity contribution in [3.8, 4) is 11.3 Å². The van der Waals surface area contributed by atoms with Crippen molar-refractivity contribution < 1.29 is 9.59 Å². The molecule has 3 heterocycles. The van der Waals surface area contributed by atoms with Crippen molar-refractivity contribution in [1.82, 2.24) is 25.7 Å². The minimum Gasteiger partial charge on any atom is -0.353 e. The van der Waals surface area contributed by atoms with Crippen LogP contribution in [0.2, 0.25) is 5.02 Å². The maximum absolute atomic E-state index is 12.8. The van der Waals surface area contributed by atoms with Crippen LogP contribution in [-0.2, 0) is 9.59 Å². The molecule has 0 unspecified atom stereocenters. The minimum absolute atomic E-state index is 0. The van der Waals surface area contributed by atoms with E-state index in [1.807, 2.05) is 41.3 Å². The van der Waals surface area contributed by atoms with Crippen molar-refractivity contribution in [1.29, 1.82) is 0 Å². The summed E-state index contributed by atoms with van der Waals surface area (Å²) in [6.45, 7) is 3.05. The van der Waals surface area contributed by atoms with Gasteiger partial charge in [0, 0.05) is 54.1 Å². The van der Waals surface area contributed by atoms with Gasteiger partial charge >= 0.3 is 0 Å². The number of halogens is 2. The zero-order valence-corrected chi connectivity index (χ0v) is 19.4. The number of anilines is 1. The van der Waals surface area contributed by atoms with E-state index in [1.54, 1.807) is 0 Å². The van der Waals surface area contributed by atoms with Gasteiger partial charge < -0.3 is 15.1 Å². The number of piperazine rings is 2. The van der Waals surface area contributed by atoms with Crippen LogP contribution in [0.3, 0.4) is 0 Å². The van der Waals surface area contributed by atoms with E-state index in [4.69, 9.17) is 11.6 Å². The van der Waals surface area contributed by atoms with E-state index in [0.29, 0.717) is 37.7 Å². The summed E-state index contributed by atoms with van der Waals surface area (Å²) in [5.74, 6) is 0.776. The maximum Gasteiger partial charge on any atom is 0.241 e. The van der Waals surface area contributed by atoms with Gasteiger partial charge in [0.1, 0.15) is 11.7 Å². The molecule has 0 aliphatic carbocycles. The Labute approximate surface area is 202 Å². The summed E-state index contributed by atoms with van der Waals surface area (Å²) in [4.78, 5) is 28.1. The molecule has 2 N–H and O–H groups in total. The molecule has 2 amide bonds. The number of carbonyl (C=O) groups is 2. The van der Waals surface area contributed by atoms with E-state index >= 15 is 0 Å². The van der Waals surface area contributed by atoms with Crippen LogP contribution in [-0.4, -0.2) is 72.2 Å². The van der Waals surface area contributed by atoms with Crippen LogP contribution in [0.25, 0.3) is 22.0 Å². The molecule has 2 aromatic carbocycles. The average molecular weight is 487 g/mol. The maximum atomic E-state index is 12.8. The number of amides is 2. The molecule has 172 valence electrons. The van der Waals surface area contributed by atoms with Gasteiger partial charge in [-0.15, -0.1) is 22.6 Å². The summed E-state index contributed by atoms with van der Waals surface area (Å²) in [5, 5.41) is 17.6. The molecular weight excluding hydrogens is 463 g/mol. The van der Waals surface area contributed by atoms with Gasteiger partial charge in [-0.3, -0.25) is 14.9 Å². The topological polar surface area (TPSA) is 90.5 Å². The number of benzene rings is 2. The zero-order valence-electron chi connectivity index (χ0n) is 17.8. The molecule has 2 saturated heterocycles. The van der Waals surface area contributed by atoms with Crippen molar-refractivity contribution in [2.24, 2.45) is 0 Å². The quantitative estimate of drug-likeness (QED) is 0.589. The van der Waals surface area contributed by atoms with Crippen LogP contribution in [0.15, 0.2) is 48.5 Å². The van der Waals surface area contributed by atoms with E-state index in [-0.39, 0.29) is 36.8 Å². The summed E-state index contributed by atoms with van der Waals surface area (Å²) < 4.78 is 0. The van der Waals surface area contributed by atoms with Crippen LogP contribution in [0.4, 0.5) is 5.82 Å². The van der Waals surface area contributed by atoms with Crippen LogP contribution >= 0.6 is 24.0 Å². The Balaban J connectivity index is 0.00000259. The van der Waals surface area contributed by atoms with E-state index in [1.165, 1.54) is 0 Å². The smallest absolute Gasteiger partial charge is 0.241 e. The third-order valence-electron chi connectivity index (χ3n) is 5.99. The SMILES string of the molecule is Cl.O=C1CN[C@H](C(=O)N2CCN(c3nnc(-c4ccc(Cl)cc4)c4ccccc34)CC2)CN1. The molecule has 0 spiro atoms. The van der Waals surface area contributed by atoms with Crippen LogP contribution in [0, 0.1) is 0 Å². The van der Waals surface area contributed by atoms with Gasteiger partial charge in [-0.2, -0.15) is 0 Å². The standard InChI is InChI=1S/C23H23ClN6O2.ClH/c24-16-7-5-15(6-8-16)21-17-3-1-2-4-18(17)22(28-27-21)29-9-11-30(12-10-29)23(32)19-13-26-20(31)14-25-19;/h1-8,19,25H,9-14H2,(H,26,31);1H/t19-;/m0./s1. The predicted molar refractivity (Wildman–Crippen MR) is 131 cm³/mol. The van der Waals surface area contributed by atoms with Gasteiger partial charge in [0.05, 0.1) is 6.54 Å². The van der Waals surface area contributed by atoms with Crippen LogP contribution in [0.1, 0.15) is 0 Å². The van der Waals surface area contributed by atoms with Gasteiger partial charge in [-0.25, -0.2) is 0 Å². The lowest BCUT2D eigenvalue weighted by molar-refractivity contribution is -0.135. The summed E-state index contributed by atoms with van der Waals surface area (Å²) in [5.41, 5.74) is 1.78. The lowest BCUT2D eigenvalue weighted by Gasteiger charge is -2.38. The third kappa shape index (κ3) is 4.73. The molecular formula is C23H24Cl2N6O2. The molecule has 0 saturated carbocycles. The van der Waals surface area contributed by atoms with Gasteiger partial charge in [0.25, 0.3) is 0 Å². The number of nitrogens with one attached hydrogen (secondary N) is 2. The van der Waals surface area contributed by atoms with E-state index in [9.17, 15) is 9.59 Å². The number of rotatable bonds is 3. The Kier molecular flexibility index (Phi) is 6.97. The van der Waals surface area contributed by atoms with Crippen LogP contribution < -0.4 is 15.5 Å². The Bertz CT molecular complexity index is 1160. The second kappa shape index (κ2) is 9.91. The fourth-order valence-electron chi connectivity index (χ4n) is 4.24. The molecule has 2 aliphatic rings. The van der Waals surface area contributed by atoms with Gasteiger partial charge in [-0.1, -0.05) is 48.0 Å². The molecule has 2 fully saturated rings. The first-order chi connectivity index (χ1) is 15.6. The molecule has 10 heteroatoms. The molecule has 5 rings (SSSR count). The highest BCUT2D eigenvalue weighted by atomic mass is 35.5. The fourth-order valence-corrected chi connectivity index (χ4v) is 4.37. The number of hydrogen-bond acceptors (Lipinski definition) is 6. The van der Waals surface area contributed by atoms with Gasteiger partial charge in [-0.05, 0) is 12.1 Å². The molecule has 2 aliphatic heterocycles. The number of aromatic nitrogens is 2. The second-order valence-corrected chi connectivity index (χ2v) is 8.41. The number of fused-ring (bicyclic) bond motifs is 1. The minimum atomic E-state index is -0.362. The monoisotopic (exact) mass is 486 g/mol. The first-order valence-electron chi connectivity index (χ1n) is 10.7. The molecule has 0 bridgehead atoms. The van der Waals surface area contributed by atoms with Crippen molar-refractivity contribution in [2.75, 3.05) is 44.2 Å². The molecule has 1 atom stereocenters. The summed E-state index contributed by atoms with van der Waals surface area (Å²) in [6.07, 6.45) is 0. The van der Waals surface area contributed by atoms with Gasteiger partial charge in [0.15, 0.2) is 5.82 Å². The van der Waals surface area contributed by atoms with E-state index in [0.717, 1.165) is 27.8 Å². The predicted octanol–water partition coefficient (Wildman–Crippen LogP) is 2.11. The molecule has 1 aromatic heterocycles. The molecule has 8 nitrogen and oxygen atoms in total. The van der Waals surface area contributed by atoms with E-state index in [2.05, 4.69) is 37.9 Å². The normalized spacial score (nSPS) is 18.6. The van der Waals surface area contributed by atoms with Gasteiger partial charge in [0.2, 0.25) is 11.8 Å². The number of nitrogens with zero attached hydrogens (tertiary/aromatic N) is 4. The summed E-state index contributed by atoms with van der Waals surface area (Å²) in [7, 11) is 0. The largest absolute Gasteiger partial charge is 0.353 e. The number of carbonyl (C=O) groups excluding carboxylic acids is 2. The highest BCUT2D eigenvalue weighted by Crippen LogP contribution is 2.32. The van der Waals surface area contributed by atoms with Crippen molar-refractivity contribution in [2.45, 2.75) is 6.04 Å². The Hall–Kier alpha value is -2.94. The highest BCUT2D eigenvalue weighted by molar-refractivity contribution is 6.30. The van der Waals surface area contributed by atoms with Crippen LogP contribution in [0.5, 0.6) is 0 Å². The highest BCUT2D eigenvalue weighted by Gasteiger charge is 2.30. The first-order valence-corrected chi connectivity index (χ1v) is 11.0. The second-order valence-electron chi connectivity index (χ2n) is 7.97. The Morgan fingerprint density at radius 3 is 2.33 bits per heavy atom. The van der Waals surface area contributed by atoms with Crippen molar-refractivity contribution >= 4 is 52.4 Å². The molecule has 3 aromatic rings. The first kappa shape index (κ1) is 23.2. The molecule has 33 heavy (non-hydrogen) atoms. The lowest BCUT2D eigenvalue weighted by atomic mass is 10.0. The van der Waals surface area contributed by atoms with Crippen molar-refractivity contribution in [3.05, 3.63) is 53.6 Å². The number of hydrogen-bond donors (Lipinski definition) is 2. The zero-order chi connectivity index (χ0) is 22.1. The third-order valence-corrected chi connectivity index (χ3v) is 6.24. The molecule has 0 radical (unpaired) electrons. The van der Waals surface area contributed by atoms with Crippen molar-refractivity contribution in [3.63, 3.8) is 0 Å².